The molecule has 0 unspecified atom stereocenters. The van der Waals surface area contributed by atoms with Gasteiger partial charge in [-0.1, -0.05) is 15.9 Å². The summed E-state index contributed by atoms with van der Waals surface area (Å²) in [7, 11) is 1.70. The van der Waals surface area contributed by atoms with Crippen LogP contribution >= 0.6 is 15.9 Å². The molecule has 86 valence electrons. The van der Waals surface area contributed by atoms with Gasteiger partial charge in [0.25, 0.3) is 5.56 Å². The summed E-state index contributed by atoms with van der Waals surface area (Å²) < 4.78 is 1.53. The van der Waals surface area contributed by atoms with E-state index in [0.29, 0.717) is 22.9 Å². The number of hydrogen-bond donors (Lipinski definition) is 0. The molecule has 0 saturated carbocycles. The average Bonchev–Trinajstić information content (AvgIpc) is 2.35. The van der Waals surface area contributed by atoms with Crippen molar-refractivity contribution in [3.8, 4) is 6.07 Å². The molecular weight excluding hydrogens is 282 g/mol. The van der Waals surface area contributed by atoms with Gasteiger partial charge in [0.05, 0.1) is 22.5 Å². The molecule has 1 heterocycles. The number of hydrogen-bond acceptors (Lipinski definition) is 3. The van der Waals surface area contributed by atoms with Crippen molar-refractivity contribution in [2.24, 2.45) is 7.05 Å². The summed E-state index contributed by atoms with van der Waals surface area (Å²) in [6.45, 7) is 0. The highest BCUT2D eigenvalue weighted by Gasteiger charge is 2.08. The zero-order chi connectivity index (χ0) is 12.4. The highest BCUT2D eigenvalue weighted by atomic mass is 79.9. The summed E-state index contributed by atoms with van der Waals surface area (Å²) in [5.41, 5.74) is 1.01. The van der Waals surface area contributed by atoms with Gasteiger partial charge in [-0.15, -0.1) is 0 Å². The first kappa shape index (κ1) is 11.8. The Bertz CT molecular complexity index is 670. The molecule has 0 saturated heterocycles. The largest absolute Gasteiger partial charge is 0.299 e. The summed E-state index contributed by atoms with van der Waals surface area (Å²) >= 11 is 3.33. The first-order valence-electron chi connectivity index (χ1n) is 5.13. The highest BCUT2D eigenvalue weighted by molar-refractivity contribution is 9.09. The van der Waals surface area contributed by atoms with Crippen LogP contribution in [-0.4, -0.2) is 14.9 Å². The molecule has 0 N–H and O–H groups in total. The summed E-state index contributed by atoms with van der Waals surface area (Å²) in [4.78, 5) is 16.5. The van der Waals surface area contributed by atoms with E-state index in [4.69, 9.17) is 5.26 Å². The van der Waals surface area contributed by atoms with Gasteiger partial charge in [-0.05, 0) is 18.2 Å². The summed E-state index contributed by atoms with van der Waals surface area (Å²) in [5.74, 6) is 0.740. The van der Waals surface area contributed by atoms with Crippen LogP contribution in [0.2, 0.25) is 0 Å². The van der Waals surface area contributed by atoms with Crippen molar-refractivity contribution in [3.05, 3.63) is 39.9 Å². The van der Waals surface area contributed by atoms with Crippen LogP contribution in [0.5, 0.6) is 0 Å². The monoisotopic (exact) mass is 291 g/mol. The number of aryl methyl sites for hydroxylation is 1. The van der Waals surface area contributed by atoms with Gasteiger partial charge >= 0.3 is 0 Å². The van der Waals surface area contributed by atoms with Crippen LogP contribution in [-0.2, 0) is 13.5 Å². The third-order valence-electron chi connectivity index (χ3n) is 2.62. The molecule has 1 aromatic carbocycles. The molecule has 0 amide bonds. The lowest BCUT2D eigenvalue weighted by Crippen LogP contribution is -2.22. The van der Waals surface area contributed by atoms with Crippen molar-refractivity contribution in [1.29, 1.82) is 5.26 Å². The van der Waals surface area contributed by atoms with E-state index in [1.54, 1.807) is 25.2 Å². The van der Waals surface area contributed by atoms with Gasteiger partial charge in [0, 0.05) is 18.8 Å². The Hall–Kier alpha value is -1.67. The Labute approximate surface area is 107 Å². The van der Waals surface area contributed by atoms with Gasteiger partial charge < -0.3 is 0 Å². The van der Waals surface area contributed by atoms with E-state index in [0.717, 1.165) is 11.2 Å². The zero-order valence-electron chi connectivity index (χ0n) is 9.27. The van der Waals surface area contributed by atoms with E-state index < -0.39 is 0 Å². The maximum Gasteiger partial charge on any atom is 0.261 e. The van der Waals surface area contributed by atoms with Crippen LogP contribution in [0, 0.1) is 11.3 Å². The zero-order valence-corrected chi connectivity index (χ0v) is 10.9. The first-order chi connectivity index (χ1) is 8.17. The Morgan fingerprint density at radius 1 is 1.53 bits per heavy atom. The number of aromatic nitrogens is 2. The number of alkyl halides is 1. The van der Waals surface area contributed by atoms with Crippen LogP contribution in [0.15, 0.2) is 23.0 Å². The maximum absolute atomic E-state index is 12.1. The Morgan fingerprint density at radius 3 is 2.94 bits per heavy atom. The fourth-order valence-corrected chi connectivity index (χ4v) is 2.05. The summed E-state index contributed by atoms with van der Waals surface area (Å²) in [5, 5.41) is 10.1. The lowest BCUT2D eigenvalue weighted by Gasteiger charge is -2.07. The van der Waals surface area contributed by atoms with E-state index in [1.165, 1.54) is 4.57 Å². The molecule has 0 fully saturated rings. The Kier molecular flexibility index (Phi) is 3.25. The summed E-state index contributed by atoms with van der Waals surface area (Å²) in [6.07, 6.45) is 0.696. The quantitative estimate of drug-likeness (QED) is 0.792. The second-order valence-corrected chi connectivity index (χ2v) is 4.47. The number of rotatable bonds is 2. The SMILES string of the molecule is Cn1c(CCBr)nc2ccc(C#N)cc2c1=O. The molecular formula is C12H10BrN3O. The van der Waals surface area contributed by atoms with Crippen LogP contribution in [0.4, 0.5) is 0 Å². The molecule has 5 heteroatoms. The van der Waals surface area contributed by atoms with Gasteiger partial charge in [-0.25, -0.2) is 4.98 Å². The van der Waals surface area contributed by atoms with Gasteiger partial charge in [0.15, 0.2) is 0 Å². The van der Waals surface area contributed by atoms with Gasteiger partial charge in [-0.3, -0.25) is 9.36 Å². The average molecular weight is 292 g/mol. The predicted molar refractivity (Wildman–Crippen MR) is 69.2 cm³/mol. The van der Waals surface area contributed by atoms with Crippen LogP contribution in [0.25, 0.3) is 10.9 Å². The van der Waals surface area contributed by atoms with Gasteiger partial charge in [0.1, 0.15) is 5.82 Å². The molecule has 2 rings (SSSR count). The highest BCUT2D eigenvalue weighted by Crippen LogP contribution is 2.11. The Balaban J connectivity index is 2.78. The van der Waals surface area contributed by atoms with Gasteiger partial charge in [0.2, 0.25) is 0 Å². The third kappa shape index (κ3) is 2.08. The molecule has 1 aromatic heterocycles. The minimum atomic E-state index is -0.108. The minimum absolute atomic E-state index is 0.108. The van der Waals surface area contributed by atoms with E-state index in [-0.39, 0.29) is 5.56 Å². The van der Waals surface area contributed by atoms with Crippen molar-refractivity contribution in [3.63, 3.8) is 0 Å². The van der Waals surface area contributed by atoms with Crippen molar-refractivity contribution in [2.75, 3.05) is 5.33 Å². The number of nitriles is 1. The molecule has 0 spiro atoms. The lowest BCUT2D eigenvalue weighted by atomic mass is 10.1. The number of nitrogens with zero attached hydrogens (tertiary/aromatic N) is 3. The van der Waals surface area contributed by atoms with E-state index >= 15 is 0 Å². The molecule has 0 bridgehead atoms. The molecule has 2 aromatic rings. The molecule has 0 atom stereocenters. The number of fused-ring (bicyclic) bond motifs is 1. The molecule has 17 heavy (non-hydrogen) atoms. The van der Waals surface area contributed by atoms with Crippen LogP contribution in [0.1, 0.15) is 11.4 Å². The van der Waals surface area contributed by atoms with Gasteiger partial charge in [-0.2, -0.15) is 5.26 Å². The summed E-state index contributed by atoms with van der Waals surface area (Å²) in [6, 6.07) is 7.00. The molecule has 0 radical (unpaired) electrons. The molecule has 0 aliphatic heterocycles. The second-order valence-electron chi connectivity index (χ2n) is 3.67. The standard InChI is InChI=1S/C12H10BrN3O/c1-16-11(4-5-13)15-10-3-2-8(7-14)6-9(10)12(16)17/h2-3,6H,4-5H2,1H3. The normalized spacial score (nSPS) is 10.4. The fraction of sp³-hybridized carbons (Fsp3) is 0.250. The van der Waals surface area contributed by atoms with E-state index in [1.807, 2.05) is 6.07 Å². The molecule has 0 aliphatic rings. The van der Waals surface area contributed by atoms with E-state index in [9.17, 15) is 4.79 Å². The van der Waals surface area contributed by atoms with Crippen molar-refractivity contribution >= 4 is 26.8 Å². The van der Waals surface area contributed by atoms with Crippen molar-refractivity contribution < 1.29 is 0 Å². The molecule has 4 nitrogen and oxygen atoms in total. The van der Waals surface area contributed by atoms with E-state index in [2.05, 4.69) is 20.9 Å². The number of benzene rings is 1. The molecule has 0 aliphatic carbocycles. The van der Waals surface area contributed by atoms with Crippen molar-refractivity contribution in [1.82, 2.24) is 9.55 Å². The minimum Gasteiger partial charge on any atom is -0.299 e. The predicted octanol–water partition coefficient (Wildman–Crippen LogP) is 1.74. The third-order valence-corrected chi connectivity index (χ3v) is 3.01. The Morgan fingerprint density at radius 2 is 2.29 bits per heavy atom. The van der Waals surface area contributed by atoms with Crippen molar-refractivity contribution in [2.45, 2.75) is 6.42 Å². The smallest absolute Gasteiger partial charge is 0.261 e. The van der Waals surface area contributed by atoms with Crippen LogP contribution in [0.3, 0.4) is 0 Å². The second kappa shape index (κ2) is 4.68. The topological polar surface area (TPSA) is 58.7 Å². The fourth-order valence-electron chi connectivity index (χ4n) is 1.69. The number of halogens is 1. The van der Waals surface area contributed by atoms with Crippen LogP contribution < -0.4 is 5.56 Å². The first-order valence-corrected chi connectivity index (χ1v) is 6.25. The maximum atomic E-state index is 12.1. The lowest BCUT2D eigenvalue weighted by molar-refractivity contribution is 0.756.